The van der Waals surface area contributed by atoms with Crippen LogP contribution in [0.2, 0.25) is 0 Å². The third-order valence-corrected chi connectivity index (χ3v) is 13.8. The number of aliphatic hydroxyl groups excluding tert-OH is 2. The van der Waals surface area contributed by atoms with Crippen LogP contribution in [0.4, 0.5) is 0 Å². The quantitative estimate of drug-likeness (QED) is 0.0321. The molecule has 0 saturated heterocycles. The van der Waals surface area contributed by atoms with Crippen molar-refractivity contribution in [1.82, 2.24) is 5.32 Å². The van der Waals surface area contributed by atoms with E-state index < -0.39 is 12.1 Å². The molecule has 0 fully saturated rings. The Morgan fingerprint density at radius 2 is 0.723 bits per heavy atom. The number of ether oxygens (including phenoxy) is 1. The number of carbonyl (C=O) groups is 2. The third-order valence-electron chi connectivity index (χ3n) is 13.8. The molecule has 3 N–H and O–H groups in total. The minimum absolute atomic E-state index is 0.00707. The molecule has 0 radical (unpaired) electrons. The summed E-state index contributed by atoms with van der Waals surface area (Å²) in [5, 5.41) is 23.3. The second-order valence-electron chi connectivity index (χ2n) is 20.3. The van der Waals surface area contributed by atoms with Gasteiger partial charge in [-0.3, -0.25) is 9.59 Å². The van der Waals surface area contributed by atoms with Gasteiger partial charge in [-0.2, -0.15) is 0 Å². The fourth-order valence-electron chi connectivity index (χ4n) is 9.28. The standard InChI is InChI=1S/C59H115NO5/c1-3-5-7-9-11-13-15-17-19-21-22-23-25-29-33-37-41-45-49-53-59(64)65-54-50-46-42-38-34-30-26-28-32-36-40-44-48-52-58(63)60-56(55-61)57(62)51-47-43-39-35-31-27-24-20-18-16-14-12-10-8-6-4-2/h28,32,56-57,61-62H,3-27,29-31,33-55H2,1-2H3,(H,60,63)/b32-28-. The van der Waals surface area contributed by atoms with Crippen molar-refractivity contribution >= 4 is 11.9 Å². The minimum Gasteiger partial charge on any atom is -0.466 e. The number of carbonyl (C=O) groups excluding carboxylic acids is 2. The number of nitrogens with one attached hydrogen (secondary N) is 1. The van der Waals surface area contributed by atoms with E-state index in [1.54, 1.807) is 0 Å². The van der Waals surface area contributed by atoms with Crippen LogP contribution >= 0.6 is 0 Å². The number of hydrogen-bond donors (Lipinski definition) is 3. The highest BCUT2D eigenvalue weighted by Gasteiger charge is 2.20. The summed E-state index contributed by atoms with van der Waals surface area (Å²) in [5.41, 5.74) is 0. The summed E-state index contributed by atoms with van der Waals surface area (Å²) in [5.74, 6) is -0.0693. The van der Waals surface area contributed by atoms with Gasteiger partial charge in [0.25, 0.3) is 0 Å². The number of esters is 1. The fourth-order valence-corrected chi connectivity index (χ4v) is 9.28. The van der Waals surface area contributed by atoms with Gasteiger partial charge in [0.2, 0.25) is 5.91 Å². The number of hydrogen-bond acceptors (Lipinski definition) is 5. The van der Waals surface area contributed by atoms with Crippen LogP contribution in [0, 0.1) is 0 Å². The van der Waals surface area contributed by atoms with Crippen LogP contribution < -0.4 is 5.32 Å². The molecule has 6 nitrogen and oxygen atoms in total. The average molecular weight is 919 g/mol. The zero-order valence-corrected chi connectivity index (χ0v) is 44.0. The Bertz CT molecular complexity index is 970. The van der Waals surface area contributed by atoms with Crippen LogP contribution in [0.5, 0.6) is 0 Å². The topological polar surface area (TPSA) is 95.9 Å². The summed E-state index contributed by atoms with van der Waals surface area (Å²) in [6, 6.07) is -0.561. The Labute approximate surface area is 406 Å². The fraction of sp³-hybridized carbons (Fsp3) is 0.932. The van der Waals surface area contributed by atoms with Crippen molar-refractivity contribution in [1.29, 1.82) is 0 Å². The van der Waals surface area contributed by atoms with Gasteiger partial charge in [-0.05, 0) is 51.4 Å². The molecule has 1 amide bonds. The highest BCUT2D eigenvalue weighted by atomic mass is 16.5. The molecule has 0 aromatic rings. The van der Waals surface area contributed by atoms with Crippen molar-refractivity contribution in [3.05, 3.63) is 12.2 Å². The summed E-state index contributed by atoms with van der Waals surface area (Å²) >= 11 is 0. The summed E-state index contributed by atoms with van der Waals surface area (Å²) in [6.45, 7) is 4.94. The first-order valence-corrected chi connectivity index (χ1v) is 29.4. The molecule has 0 aliphatic heterocycles. The Morgan fingerprint density at radius 1 is 0.415 bits per heavy atom. The van der Waals surface area contributed by atoms with E-state index in [9.17, 15) is 19.8 Å². The number of rotatable bonds is 55. The molecule has 6 heteroatoms. The maximum atomic E-state index is 12.5. The van der Waals surface area contributed by atoms with Crippen molar-refractivity contribution in [2.24, 2.45) is 0 Å². The van der Waals surface area contributed by atoms with Crippen molar-refractivity contribution in [3.63, 3.8) is 0 Å². The molecule has 0 aromatic heterocycles. The Kier molecular flexibility index (Phi) is 54.0. The van der Waals surface area contributed by atoms with E-state index >= 15 is 0 Å². The molecule has 0 aromatic carbocycles. The van der Waals surface area contributed by atoms with Crippen molar-refractivity contribution in [2.45, 2.75) is 341 Å². The molecule has 0 heterocycles. The van der Waals surface area contributed by atoms with Crippen molar-refractivity contribution < 1.29 is 24.5 Å². The first-order chi connectivity index (χ1) is 32.0. The molecule has 65 heavy (non-hydrogen) atoms. The van der Waals surface area contributed by atoms with E-state index in [4.69, 9.17) is 4.74 Å². The van der Waals surface area contributed by atoms with Crippen molar-refractivity contribution in [2.75, 3.05) is 13.2 Å². The first-order valence-electron chi connectivity index (χ1n) is 29.4. The molecule has 0 spiro atoms. The Morgan fingerprint density at radius 3 is 1.11 bits per heavy atom. The van der Waals surface area contributed by atoms with Gasteiger partial charge >= 0.3 is 5.97 Å². The summed E-state index contributed by atoms with van der Waals surface area (Å²) in [4.78, 5) is 24.6. The zero-order chi connectivity index (χ0) is 47.2. The number of unbranched alkanes of at least 4 members (excludes halogenated alkanes) is 42. The summed E-state index contributed by atoms with van der Waals surface area (Å²) in [6.07, 6.45) is 64.9. The largest absolute Gasteiger partial charge is 0.466 e. The van der Waals surface area contributed by atoms with E-state index in [1.807, 2.05) is 0 Å². The van der Waals surface area contributed by atoms with Crippen LogP contribution in [-0.4, -0.2) is 47.4 Å². The smallest absolute Gasteiger partial charge is 0.305 e. The number of allylic oxidation sites excluding steroid dienone is 2. The second-order valence-corrected chi connectivity index (χ2v) is 20.3. The van der Waals surface area contributed by atoms with Gasteiger partial charge in [0.05, 0.1) is 25.4 Å². The molecule has 0 rings (SSSR count). The second kappa shape index (κ2) is 55.2. The van der Waals surface area contributed by atoms with Gasteiger partial charge in [-0.25, -0.2) is 0 Å². The van der Waals surface area contributed by atoms with Gasteiger partial charge in [0, 0.05) is 12.8 Å². The van der Waals surface area contributed by atoms with E-state index in [0.717, 1.165) is 70.6 Å². The van der Waals surface area contributed by atoms with Crippen LogP contribution in [0.1, 0.15) is 328 Å². The molecule has 0 saturated carbocycles. The highest BCUT2D eigenvalue weighted by molar-refractivity contribution is 5.76. The zero-order valence-electron chi connectivity index (χ0n) is 44.0. The molecule has 0 aliphatic rings. The van der Waals surface area contributed by atoms with Crippen LogP contribution in [0.3, 0.4) is 0 Å². The molecule has 386 valence electrons. The van der Waals surface area contributed by atoms with E-state index in [0.29, 0.717) is 25.9 Å². The minimum atomic E-state index is -0.680. The maximum absolute atomic E-state index is 12.5. The number of aliphatic hydroxyl groups is 2. The van der Waals surface area contributed by atoms with Gasteiger partial charge < -0.3 is 20.3 Å². The Hall–Kier alpha value is -1.40. The lowest BCUT2D eigenvalue weighted by atomic mass is 10.0. The van der Waals surface area contributed by atoms with E-state index in [-0.39, 0.29) is 18.5 Å². The highest BCUT2D eigenvalue weighted by Crippen LogP contribution is 2.18. The van der Waals surface area contributed by atoms with Gasteiger partial charge in [-0.15, -0.1) is 0 Å². The molecule has 2 unspecified atom stereocenters. The average Bonchev–Trinajstić information content (AvgIpc) is 3.31. The van der Waals surface area contributed by atoms with E-state index in [1.165, 1.54) is 225 Å². The number of amides is 1. The molecule has 2 atom stereocenters. The maximum Gasteiger partial charge on any atom is 0.305 e. The van der Waals surface area contributed by atoms with Crippen LogP contribution in [-0.2, 0) is 14.3 Å². The molecule has 0 aliphatic carbocycles. The Balaban J connectivity index is 3.45. The predicted octanol–water partition coefficient (Wildman–Crippen LogP) is 18.1. The van der Waals surface area contributed by atoms with Gasteiger partial charge in [0.15, 0.2) is 0 Å². The van der Waals surface area contributed by atoms with Crippen LogP contribution in [0.25, 0.3) is 0 Å². The summed E-state index contributed by atoms with van der Waals surface area (Å²) < 4.78 is 5.48. The van der Waals surface area contributed by atoms with Crippen molar-refractivity contribution in [3.8, 4) is 0 Å². The molecule has 0 bridgehead atoms. The summed E-state index contributed by atoms with van der Waals surface area (Å²) in [7, 11) is 0. The lowest BCUT2D eigenvalue weighted by molar-refractivity contribution is -0.143. The van der Waals surface area contributed by atoms with Crippen LogP contribution in [0.15, 0.2) is 12.2 Å². The molecular formula is C59H115NO5. The monoisotopic (exact) mass is 918 g/mol. The lowest BCUT2D eigenvalue weighted by Crippen LogP contribution is -2.45. The first kappa shape index (κ1) is 63.6. The van der Waals surface area contributed by atoms with E-state index in [2.05, 4.69) is 31.3 Å². The predicted molar refractivity (Wildman–Crippen MR) is 283 cm³/mol. The SMILES string of the molecule is CCCCCCCCCCCCCCCCCCCCCC(=O)OCCCCCCCC/C=C\CCCCCC(=O)NC(CO)C(O)CCCCCCCCCCCCCCCCCC. The van der Waals surface area contributed by atoms with Gasteiger partial charge in [0.1, 0.15) is 0 Å². The third kappa shape index (κ3) is 51.8. The lowest BCUT2D eigenvalue weighted by Gasteiger charge is -2.22. The molecular weight excluding hydrogens is 803 g/mol. The normalized spacial score (nSPS) is 12.6. The van der Waals surface area contributed by atoms with Gasteiger partial charge in [-0.1, -0.05) is 276 Å².